The molecule has 3 aromatic carbocycles. The first kappa shape index (κ1) is 16.3. The standard InChI is InChI=1S/C22H21O2P/c1-14-12-15(2)21(16(3)13-14)25(23,24)22-19-10-6-4-8-17(19)18-9-5-7-11-20(18)22/h4-13,22H,1-3H3,(H,23,24). The number of aryl methyl sites for hydroxylation is 3. The van der Waals surface area contributed by atoms with Gasteiger partial charge in [-0.25, -0.2) is 0 Å². The lowest BCUT2D eigenvalue weighted by atomic mass is 10.1. The Balaban J connectivity index is 2.00. The average molecular weight is 348 g/mol. The van der Waals surface area contributed by atoms with Gasteiger partial charge in [0.15, 0.2) is 0 Å². The third-order valence-electron chi connectivity index (χ3n) is 5.11. The summed E-state index contributed by atoms with van der Waals surface area (Å²) in [6.45, 7) is 5.89. The Hall–Kier alpha value is -2.15. The predicted octanol–water partition coefficient (Wildman–Crippen LogP) is 5.28. The highest BCUT2D eigenvalue weighted by molar-refractivity contribution is 7.67. The second-order valence-corrected chi connectivity index (χ2v) is 9.16. The van der Waals surface area contributed by atoms with Crippen molar-refractivity contribution in [3.63, 3.8) is 0 Å². The molecule has 1 N–H and O–H groups in total. The monoisotopic (exact) mass is 348 g/mol. The fraction of sp³-hybridized carbons (Fsp3) is 0.182. The first-order valence-electron chi connectivity index (χ1n) is 8.50. The van der Waals surface area contributed by atoms with E-state index in [-0.39, 0.29) is 0 Å². The molecule has 0 spiro atoms. The molecule has 1 aliphatic rings. The summed E-state index contributed by atoms with van der Waals surface area (Å²) >= 11 is 0. The first-order valence-corrected chi connectivity index (χ1v) is 10.2. The van der Waals surface area contributed by atoms with Crippen molar-refractivity contribution in [3.8, 4) is 11.1 Å². The van der Waals surface area contributed by atoms with E-state index in [1.165, 1.54) is 0 Å². The zero-order valence-corrected chi connectivity index (χ0v) is 15.5. The molecule has 0 fully saturated rings. The lowest BCUT2D eigenvalue weighted by Gasteiger charge is -2.25. The van der Waals surface area contributed by atoms with Crippen molar-refractivity contribution in [2.75, 3.05) is 0 Å². The first-order chi connectivity index (χ1) is 11.9. The number of rotatable bonds is 2. The summed E-state index contributed by atoms with van der Waals surface area (Å²) in [5, 5.41) is 0.606. The number of hydrogen-bond acceptors (Lipinski definition) is 1. The van der Waals surface area contributed by atoms with Gasteiger partial charge in [-0.15, -0.1) is 0 Å². The van der Waals surface area contributed by atoms with Gasteiger partial charge in [0.05, 0.1) is 5.66 Å². The zero-order valence-electron chi connectivity index (χ0n) is 14.7. The number of fused-ring (bicyclic) bond motifs is 3. The molecule has 3 aromatic rings. The lowest BCUT2D eigenvalue weighted by molar-refractivity contribution is 0.482. The van der Waals surface area contributed by atoms with E-state index in [9.17, 15) is 9.46 Å². The van der Waals surface area contributed by atoms with Crippen LogP contribution in [0, 0.1) is 20.8 Å². The maximum Gasteiger partial charge on any atom is 0.241 e. The van der Waals surface area contributed by atoms with E-state index in [2.05, 4.69) is 0 Å². The van der Waals surface area contributed by atoms with Crippen molar-refractivity contribution in [1.82, 2.24) is 0 Å². The van der Waals surface area contributed by atoms with E-state index in [1.54, 1.807) is 0 Å². The maximum absolute atomic E-state index is 13.9. The highest BCUT2D eigenvalue weighted by Gasteiger charge is 2.43. The van der Waals surface area contributed by atoms with Crippen LogP contribution in [0.2, 0.25) is 0 Å². The van der Waals surface area contributed by atoms with Crippen molar-refractivity contribution < 1.29 is 9.46 Å². The maximum atomic E-state index is 13.9. The average Bonchev–Trinajstić information content (AvgIpc) is 2.88. The molecular weight excluding hydrogens is 327 g/mol. The molecule has 2 nitrogen and oxygen atoms in total. The van der Waals surface area contributed by atoms with Gasteiger partial charge in [-0.2, -0.15) is 0 Å². The van der Waals surface area contributed by atoms with E-state index in [4.69, 9.17) is 0 Å². The molecule has 0 radical (unpaired) electrons. The molecule has 126 valence electrons. The van der Waals surface area contributed by atoms with Gasteiger partial charge in [-0.3, -0.25) is 4.57 Å². The van der Waals surface area contributed by atoms with E-state index < -0.39 is 13.0 Å². The van der Waals surface area contributed by atoms with Gasteiger partial charge in [0.1, 0.15) is 0 Å². The Kier molecular flexibility index (Phi) is 3.72. The summed E-state index contributed by atoms with van der Waals surface area (Å²) < 4.78 is 13.9. The molecule has 3 heteroatoms. The van der Waals surface area contributed by atoms with Crippen LogP contribution in [0.1, 0.15) is 33.5 Å². The Morgan fingerprint density at radius 1 is 0.800 bits per heavy atom. The molecular formula is C22H21O2P. The van der Waals surface area contributed by atoms with Gasteiger partial charge >= 0.3 is 0 Å². The number of hydrogen-bond donors (Lipinski definition) is 1. The molecule has 0 heterocycles. The summed E-state index contributed by atoms with van der Waals surface area (Å²) in [7, 11) is -3.65. The summed E-state index contributed by atoms with van der Waals surface area (Å²) in [6.07, 6.45) is 0. The van der Waals surface area contributed by atoms with Gasteiger partial charge in [0.25, 0.3) is 0 Å². The van der Waals surface area contributed by atoms with Crippen molar-refractivity contribution in [2.45, 2.75) is 26.4 Å². The van der Waals surface area contributed by atoms with Gasteiger partial charge in [-0.1, -0.05) is 66.2 Å². The second-order valence-electron chi connectivity index (χ2n) is 6.95. The van der Waals surface area contributed by atoms with E-state index in [1.807, 2.05) is 81.4 Å². The van der Waals surface area contributed by atoms with Crippen LogP contribution in [0.25, 0.3) is 11.1 Å². The minimum absolute atomic E-state index is 0.500. The van der Waals surface area contributed by atoms with Gasteiger partial charge in [0.2, 0.25) is 7.37 Å². The quantitative estimate of drug-likeness (QED) is 0.640. The van der Waals surface area contributed by atoms with E-state index in [0.29, 0.717) is 5.30 Å². The fourth-order valence-electron chi connectivity index (χ4n) is 4.31. The van der Waals surface area contributed by atoms with Crippen molar-refractivity contribution in [2.24, 2.45) is 0 Å². The summed E-state index contributed by atoms with van der Waals surface area (Å²) in [5.74, 6) is 0. The van der Waals surface area contributed by atoms with Crippen molar-refractivity contribution in [1.29, 1.82) is 0 Å². The minimum Gasteiger partial charge on any atom is -0.340 e. The predicted molar refractivity (Wildman–Crippen MR) is 104 cm³/mol. The minimum atomic E-state index is -3.65. The van der Waals surface area contributed by atoms with Crippen LogP contribution in [0.3, 0.4) is 0 Å². The molecule has 25 heavy (non-hydrogen) atoms. The van der Waals surface area contributed by atoms with Crippen molar-refractivity contribution >= 4 is 12.7 Å². The zero-order chi connectivity index (χ0) is 17.8. The highest BCUT2D eigenvalue weighted by atomic mass is 31.2. The molecule has 0 saturated carbocycles. The molecule has 0 saturated heterocycles. The SMILES string of the molecule is Cc1cc(C)c(P(=O)(O)C2c3ccccc3-c3ccccc32)c(C)c1. The van der Waals surface area contributed by atoms with Crippen LogP contribution in [-0.2, 0) is 4.57 Å². The summed E-state index contributed by atoms with van der Waals surface area (Å²) in [6, 6.07) is 19.9. The third kappa shape index (κ3) is 2.40. The topological polar surface area (TPSA) is 37.3 Å². The summed E-state index contributed by atoms with van der Waals surface area (Å²) in [4.78, 5) is 11.4. The third-order valence-corrected chi connectivity index (χ3v) is 7.71. The van der Waals surface area contributed by atoms with E-state index >= 15 is 0 Å². The highest BCUT2D eigenvalue weighted by Crippen LogP contribution is 2.64. The van der Waals surface area contributed by atoms with Crippen LogP contribution >= 0.6 is 7.37 Å². The van der Waals surface area contributed by atoms with Gasteiger partial charge in [0, 0.05) is 5.30 Å². The Bertz CT molecular complexity index is 967. The lowest BCUT2D eigenvalue weighted by Crippen LogP contribution is -2.17. The van der Waals surface area contributed by atoms with Crippen molar-refractivity contribution in [3.05, 3.63) is 88.5 Å². The molecule has 0 amide bonds. The normalized spacial score (nSPS) is 15.5. The Labute approximate surface area is 148 Å². The molecule has 1 unspecified atom stereocenters. The molecule has 0 aliphatic heterocycles. The van der Waals surface area contributed by atoms with Gasteiger partial charge in [-0.05, 0) is 54.2 Å². The molecule has 4 rings (SSSR count). The van der Waals surface area contributed by atoms with E-state index in [0.717, 1.165) is 38.9 Å². The second kappa shape index (κ2) is 5.69. The number of benzene rings is 3. The summed E-state index contributed by atoms with van der Waals surface area (Å²) in [5.41, 5.74) is 6.45. The Morgan fingerprint density at radius 2 is 1.24 bits per heavy atom. The molecule has 1 aliphatic carbocycles. The van der Waals surface area contributed by atoms with Crippen LogP contribution in [0.15, 0.2) is 60.7 Å². The largest absolute Gasteiger partial charge is 0.340 e. The Morgan fingerprint density at radius 3 is 1.72 bits per heavy atom. The van der Waals surface area contributed by atoms with Gasteiger partial charge < -0.3 is 4.89 Å². The molecule has 0 aromatic heterocycles. The van der Waals surface area contributed by atoms with Crippen LogP contribution < -0.4 is 5.30 Å². The molecule has 0 bridgehead atoms. The smallest absolute Gasteiger partial charge is 0.241 e. The molecule has 1 atom stereocenters. The van der Waals surface area contributed by atoms with Crippen LogP contribution in [-0.4, -0.2) is 4.89 Å². The van der Waals surface area contributed by atoms with Crippen LogP contribution in [0.4, 0.5) is 0 Å². The fourth-order valence-corrected chi connectivity index (χ4v) is 6.92. The van der Waals surface area contributed by atoms with Crippen LogP contribution in [0.5, 0.6) is 0 Å².